The maximum absolute atomic E-state index is 12.2. The number of pyridine rings is 1. The van der Waals surface area contributed by atoms with E-state index >= 15 is 0 Å². The van der Waals surface area contributed by atoms with Gasteiger partial charge in [-0.2, -0.15) is 4.98 Å². The van der Waals surface area contributed by atoms with Gasteiger partial charge in [0, 0.05) is 36.1 Å². The van der Waals surface area contributed by atoms with Gasteiger partial charge in [0.05, 0.1) is 6.61 Å². The maximum atomic E-state index is 12.2. The minimum Gasteiger partial charge on any atom is -0.493 e. The number of benzene rings is 1. The number of nitrogens with zero attached hydrogens (tertiary/aromatic N) is 4. The Morgan fingerprint density at radius 1 is 1.15 bits per heavy atom. The molecule has 0 N–H and O–H groups in total. The molecule has 8 nitrogen and oxygen atoms in total. The normalized spacial score (nSPS) is 14.8. The second-order valence-corrected chi connectivity index (χ2v) is 9.36. The molecule has 0 bridgehead atoms. The minimum absolute atomic E-state index is 0.241. The summed E-state index contributed by atoms with van der Waals surface area (Å²) >= 11 is 0. The third-order valence-corrected chi connectivity index (χ3v) is 5.43. The highest BCUT2D eigenvalue weighted by atomic mass is 16.6. The fourth-order valence-corrected chi connectivity index (χ4v) is 3.60. The Bertz CT molecular complexity index is 1080. The van der Waals surface area contributed by atoms with Gasteiger partial charge >= 0.3 is 6.09 Å². The van der Waals surface area contributed by atoms with Gasteiger partial charge in [0.25, 0.3) is 5.89 Å². The summed E-state index contributed by atoms with van der Waals surface area (Å²) in [6.07, 6.45) is 3.26. The van der Waals surface area contributed by atoms with Gasteiger partial charge in [0.1, 0.15) is 11.4 Å². The van der Waals surface area contributed by atoms with Crippen LogP contribution in [-0.4, -0.2) is 51.4 Å². The molecular weight excluding hydrogens is 420 g/mol. The van der Waals surface area contributed by atoms with Gasteiger partial charge in [0.2, 0.25) is 5.82 Å². The van der Waals surface area contributed by atoms with Crippen LogP contribution in [0.25, 0.3) is 22.8 Å². The number of piperidine rings is 1. The molecule has 8 heteroatoms. The summed E-state index contributed by atoms with van der Waals surface area (Å²) in [6.45, 7) is 9.54. The Hall–Kier alpha value is -3.42. The molecule has 1 aliphatic heterocycles. The third-order valence-electron chi connectivity index (χ3n) is 5.43. The molecule has 1 aromatic carbocycles. The fourth-order valence-electron chi connectivity index (χ4n) is 3.60. The molecule has 1 fully saturated rings. The van der Waals surface area contributed by atoms with Gasteiger partial charge in [-0.1, -0.05) is 11.2 Å². The van der Waals surface area contributed by atoms with Crippen molar-refractivity contribution in [2.45, 2.75) is 46.1 Å². The lowest BCUT2D eigenvalue weighted by Gasteiger charge is -2.33. The molecule has 1 amide bonds. The fraction of sp³-hybridized carbons (Fsp3) is 0.440. The predicted molar refractivity (Wildman–Crippen MR) is 124 cm³/mol. The second kappa shape index (κ2) is 9.60. The van der Waals surface area contributed by atoms with Crippen molar-refractivity contribution in [2.24, 2.45) is 5.92 Å². The van der Waals surface area contributed by atoms with Crippen LogP contribution in [0, 0.1) is 12.8 Å². The average Bonchev–Trinajstić information content (AvgIpc) is 3.28. The van der Waals surface area contributed by atoms with E-state index in [-0.39, 0.29) is 6.09 Å². The molecule has 0 unspecified atom stereocenters. The van der Waals surface area contributed by atoms with Crippen LogP contribution in [0.2, 0.25) is 0 Å². The van der Waals surface area contributed by atoms with Crippen LogP contribution in [0.5, 0.6) is 5.75 Å². The van der Waals surface area contributed by atoms with E-state index in [1.165, 1.54) is 0 Å². The Morgan fingerprint density at radius 2 is 1.94 bits per heavy atom. The minimum atomic E-state index is -0.474. The molecule has 0 atom stereocenters. The van der Waals surface area contributed by atoms with Crippen molar-refractivity contribution in [1.82, 2.24) is 20.0 Å². The number of likely N-dealkylation sites (tertiary alicyclic amines) is 1. The van der Waals surface area contributed by atoms with Crippen LogP contribution in [0.15, 0.2) is 47.1 Å². The van der Waals surface area contributed by atoms with Crippen LogP contribution in [0.3, 0.4) is 0 Å². The second-order valence-electron chi connectivity index (χ2n) is 9.36. The summed E-state index contributed by atoms with van der Waals surface area (Å²) < 4.78 is 17.0. The summed E-state index contributed by atoms with van der Waals surface area (Å²) in [4.78, 5) is 22.8. The molecular formula is C25H30N4O4. The Kier molecular flexibility index (Phi) is 6.62. The number of hydrogen-bond acceptors (Lipinski definition) is 7. The van der Waals surface area contributed by atoms with Crippen molar-refractivity contribution in [3.05, 3.63) is 48.3 Å². The number of rotatable bonds is 5. The van der Waals surface area contributed by atoms with Crippen molar-refractivity contribution in [1.29, 1.82) is 0 Å². The molecule has 4 rings (SSSR count). The average molecular weight is 451 g/mol. The van der Waals surface area contributed by atoms with E-state index in [2.05, 4.69) is 15.1 Å². The monoisotopic (exact) mass is 450 g/mol. The summed E-state index contributed by atoms with van der Waals surface area (Å²) in [5.41, 5.74) is 2.06. The molecule has 1 saturated heterocycles. The number of aryl methyl sites for hydroxylation is 1. The topological polar surface area (TPSA) is 90.6 Å². The lowest BCUT2D eigenvalue weighted by Crippen LogP contribution is -2.42. The molecule has 3 aromatic rings. The number of hydrogen-bond donors (Lipinski definition) is 0. The van der Waals surface area contributed by atoms with Gasteiger partial charge in [-0.05, 0) is 76.8 Å². The zero-order valence-electron chi connectivity index (χ0n) is 19.6. The quantitative estimate of drug-likeness (QED) is 0.532. The number of carbonyl (C=O) groups excluding carboxylic acids is 1. The smallest absolute Gasteiger partial charge is 0.410 e. The first-order valence-electron chi connectivity index (χ1n) is 11.2. The summed E-state index contributed by atoms with van der Waals surface area (Å²) in [7, 11) is 0. The first-order chi connectivity index (χ1) is 15.8. The Labute approximate surface area is 193 Å². The highest BCUT2D eigenvalue weighted by molar-refractivity contribution is 5.68. The summed E-state index contributed by atoms with van der Waals surface area (Å²) in [5, 5.41) is 4.08. The van der Waals surface area contributed by atoms with Crippen molar-refractivity contribution in [2.75, 3.05) is 19.7 Å². The number of ether oxygens (including phenoxy) is 2. The summed E-state index contributed by atoms with van der Waals surface area (Å²) in [6, 6.07) is 11.5. The maximum Gasteiger partial charge on any atom is 0.410 e. The van der Waals surface area contributed by atoms with Crippen molar-refractivity contribution in [3.63, 3.8) is 0 Å². The van der Waals surface area contributed by atoms with E-state index in [4.69, 9.17) is 14.0 Å². The van der Waals surface area contributed by atoms with Crippen LogP contribution in [-0.2, 0) is 4.74 Å². The first kappa shape index (κ1) is 22.8. The van der Waals surface area contributed by atoms with Crippen molar-refractivity contribution in [3.8, 4) is 28.6 Å². The van der Waals surface area contributed by atoms with Crippen LogP contribution in [0.4, 0.5) is 4.79 Å². The lowest BCUT2D eigenvalue weighted by atomic mass is 9.98. The van der Waals surface area contributed by atoms with E-state index in [1.807, 2.05) is 64.1 Å². The molecule has 0 radical (unpaired) electrons. The Morgan fingerprint density at radius 3 is 2.64 bits per heavy atom. The molecule has 174 valence electrons. The van der Waals surface area contributed by atoms with E-state index in [0.717, 1.165) is 35.4 Å². The summed E-state index contributed by atoms with van der Waals surface area (Å²) in [5.74, 6) is 2.07. The standard InChI is InChI=1S/C25H30N4O4/c1-17-8-9-20(15-26-17)22-27-23(33-28-22)19-6-5-7-21(14-19)31-16-18-10-12-29(13-11-18)24(30)32-25(2,3)4/h5-9,14-15,18H,10-13,16H2,1-4H3. The third kappa shape index (κ3) is 6.09. The van der Waals surface area contributed by atoms with E-state index in [0.29, 0.717) is 37.3 Å². The van der Waals surface area contributed by atoms with E-state index in [1.54, 1.807) is 11.1 Å². The highest BCUT2D eigenvalue weighted by Crippen LogP contribution is 2.26. The van der Waals surface area contributed by atoms with E-state index < -0.39 is 5.60 Å². The van der Waals surface area contributed by atoms with Gasteiger partial charge in [-0.15, -0.1) is 0 Å². The molecule has 3 heterocycles. The zero-order valence-corrected chi connectivity index (χ0v) is 19.6. The number of carbonyl (C=O) groups is 1. The SMILES string of the molecule is Cc1ccc(-c2noc(-c3cccc(OCC4CCN(C(=O)OC(C)(C)C)CC4)c3)n2)cn1. The van der Waals surface area contributed by atoms with E-state index in [9.17, 15) is 4.79 Å². The van der Waals surface area contributed by atoms with Crippen LogP contribution < -0.4 is 4.74 Å². The molecule has 0 aliphatic carbocycles. The molecule has 2 aromatic heterocycles. The molecule has 1 aliphatic rings. The van der Waals surface area contributed by atoms with Crippen molar-refractivity contribution < 1.29 is 18.8 Å². The number of aromatic nitrogens is 3. The molecule has 33 heavy (non-hydrogen) atoms. The van der Waals surface area contributed by atoms with Gasteiger partial charge in [-0.3, -0.25) is 4.98 Å². The highest BCUT2D eigenvalue weighted by Gasteiger charge is 2.27. The van der Waals surface area contributed by atoms with Crippen molar-refractivity contribution >= 4 is 6.09 Å². The Balaban J connectivity index is 1.31. The van der Waals surface area contributed by atoms with Gasteiger partial charge < -0.3 is 18.9 Å². The predicted octanol–water partition coefficient (Wildman–Crippen LogP) is 5.13. The molecule has 0 spiro atoms. The lowest BCUT2D eigenvalue weighted by molar-refractivity contribution is 0.0165. The van der Waals surface area contributed by atoms with Crippen LogP contribution in [0.1, 0.15) is 39.3 Å². The van der Waals surface area contributed by atoms with Gasteiger partial charge in [0.15, 0.2) is 0 Å². The molecule has 0 saturated carbocycles. The number of amides is 1. The first-order valence-corrected chi connectivity index (χ1v) is 11.2. The largest absolute Gasteiger partial charge is 0.493 e. The zero-order chi connectivity index (χ0) is 23.4. The van der Waals surface area contributed by atoms with Gasteiger partial charge in [-0.25, -0.2) is 4.79 Å². The van der Waals surface area contributed by atoms with Crippen LogP contribution >= 0.6 is 0 Å².